The highest BCUT2D eigenvalue weighted by molar-refractivity contribution is 5.31. The number of methoxy groups -OCH3 is 1. The van der Waals surface area contributed by atoms with E-state index in [1.54, 1.807) is 7.11 Å². The molecule has 172 valence electrons. The van der Waals surface area contributed by atoms with E-state index in [1.807, 2.05) is 0 Å². The van der Waals surface area contributed by atoms with Crippen LogP contribution in [0.2, 0.25) is 0 Å². The lowest BCUT2D eigenvalue weighted by molar-refractivity contribution is 0.0977. The Morgan fingerprint density at radius 3 is 2.39 bits per heavy atom. The van der Waals surface area contributed by atoms with Crippen molar-refractivity contribution in [2.75, 3.05) is 46.6 Å². The Bertz CT molecular complexity index is 845. The predicted molar refractivity (Wildman–Crippen MR) is 120 cm³/mol. The smallest absolute Gasteiger partial charge is 0.0699 e. The third kappa shape index (κ3) is 5.19. The molecule has 2 N–H and O–H groups in total. The van der Waals surface area contributed by atoms with Crippen LogP contribution in [0, 0.1) is 0 Å². The number of nitrogens with zero attached hydrogens (tertiary/aromatic N) is 4. The van der Waals surface area contributed by atoms with Crippen molar-refractivity contribution < 1.29 is 9.47 Å². The molecule has 2 aromatic rings. The molecule has 8 heteroatoms. The van der Waals surface area contributed by atoms with Crippen LogP contribution in [-0.4, -0.2) is 76.8 Å². The van der Waals surface area contributed by atoms with Gasteiger partial charge in [0.25, 0.3) is 0 Å². The molecule has 0 saturated carbocycles. The van der Waals surface area contributed by atoms with E-state index in [0.29, 0.717) is 11.8 Å². The highest BCUT2D eigenvalue weighted by Crippen LogP contribution is 2.29. The maximum absolute atomic E-state index is 6.00. The number of H-pyrrole nitrogens is 2. The molecule has 0 radical (unpaired) electrons. The second-order valence-electron chi connectivity index (χ2n) is 9.32. The van der Waals surface area contributed by atoms with E-state index in [1.165, 1.54) is 33.9 Å². The summed E-state index contributed by atoms with van der Waals surface area (Å²) in [5, 5.41) is 15.6. The summed E-state index contributed by atoms with van der Waals surface area (Å²) in [4.78, 5) is 4.90. The summed E-state index contributed by atoms with van der Waals surface area (Å²) in [5.74, 6) is 0.867. The van der Waals surface area contributed by atoms with Crippen LogP contribution < -0.4 is 0 Å². The number of aromatic amines is 2. The Labute approximate surface area is 185 Å². The molecular weight excluding hydrogens is 392 g/mol. The number of hydrogen-bond donors (Lipinski definition) is 2. The Hall–Kier alpha value is -1.74. The van der Waals surface area contributed by atoms with E-state index >= 15 is 0 Å². The summed E-state index contributed by atoms with van der Waals surface area (Å²) in [6.07, 6.45) is 2.04. The third-order valence-electron chi connectivity index (χ3n) is 6.67. The molecule has 4 rings (SSSR count). The standard InChI is InChI=1S/C23H38N6O2/c1-16(2)22-19-14-29(15-21(19)25-26-22)9-12-31-10-6-17(3)23-18-13-28(8-11-30-4)7-5-20(18)24-27-23/h16-17H,5-15H2,1-4H3,(H,24,27)(H,25,26). The first-order chi connectivity index (χ1) is 15.1. The minimum absolute atomic E-state index is 0.397. The van der Waals surface area contributed by atoms with E-state index in [2.05, 4.69) is 51.0 Å². The van der Waals surface area contributed by atoms with Crippen LogP contribution in [0.3, 0.4) is 0 Å². The second-order valence-corrected chi connectivity index (χ2v) is 9.32. The van der Waals surface area contributed by atoms with Gasteiger partial charge in [0.05, 0.1) is 30.3 Å². The summed E-state index contributed by atoms with van der Waals surface area (Å²) in [7, 11) is 1.77. The molecule has 1 atom stereocenters. The first kappa shape index (κ1) is 22.5. The van der Waals surface area contributed by atoms with Crippen LogP contribution >= 0.6 is 0 Å². The average molecular weight is 431 g/mol. The normalized spacial score (nSPS) is 18.0. The number of aromatic nitrogens is 4. The SMILES string of the molecule is COCCN1CCc2[nH]nc(C(C)CCOCCN3Cc4[nH]nc(C(C)C)c4C3)c2C1. The van der Waals surface area contributed by atoms with Gasteiger partial charge in [0, 0.05) is 82.1 Å². The Morgan fingerprint density at radius 2 is 1.58 bits per heavy atom. The van der Waals surface area contributed by atoms with Crippen molar-refractivity contribution in [3.05, 3.63) is 33.9 Å². The molecule has 2 aliphatic heterocycles. The van der Waals surface area contributed by atoms with E-state index in [9.17, 15) is 0 Å². The highest BCUT2D eigenvalue weighted by Gasteiger charge is 2.26. The second kappa shape index (κ2) is 10.3. The van der Waals surface area contributed by atoms with Gasteiger partial charge in [-0.3, -0.25) is 20.0 Å². The predicted octanol–water partition coefficient (Wildman–Crippen LogP) is 2.79. The van der Waals surface area contributed by atoms with E-state index in [-0.39, 0.29) is 0 Å². The zero-order valence-corrected chi connectivity index (χ0v) is 19.5. The maximum Gasteiger partial charge on any atom is 0.0699 e. The fourth-order valence-corrected chi connectivity index (χ4v) is 4.75. The van der Waals surface area contributed by atoms with Gasteiger partial charge in [0.15, 0.2) is 0 Å². The van der Waals surface area contributed by atoms with Crippen molar-refractivity contribution in [2.45, 2.75) is 65.1 Å². The topological polar surface area (TPSA) is 82.3 Å². The lowest BCUT2D eigenvalue weighted by Crippen LogP contribution is -2.33. The van der Waals surface area contributed by atoms with Gasteiger partial charge in [-0.2, -0.15) is 10.2 Å². The molecule has 0 bridgehead atoms. The molecular formula is C23H38N6O2. The largest absolute Gasteiger partial charge is 0.383 e. The number of nitrogens with one attached hydrogen (secondary N) is 2. The number of rotatable bonds is 11. The summed E-state index contributed by atoms with van der Waals surface area (Å²) >= 11 is 0. The number of fused-ring (bicyclic) bond motifs is 2. The quantitative estimate of drug-likeness (QED) is 0.534. The lowest BCUT2D eigenvalue weighted by Gasteiger charge is -2.27. The minimum atomic E-state index is 0.397. The van der Waals surface area contributed by atoms with Gasteiger partial charge in [-0.15, -0.1) is 0 Å². The lowest BCUT2D eigenvalue weighted by atomic mass is 9.96. The molecule has 1 unspecified atom stereocenters. The van der Waals surface area contributed by atoms with Crippen LogP contribution in [0.4, 0.5) is 0 Å². The molecule has 31 heavy (non-hydrogen) atoms. The first-order valence-corrected chi connectivity index (χ1v) is 11.7. The molecule has 8 nitrogen and oxygen atoms in total. The summed E-state index contributed by atoms with van der Waals surface area (Å²) in [5.41, 5.74) is 7.81. The summed E-state index contributed by atoms with van der Waals surface area (Å²) < 4.78 is 11.2. The van der Waals surface area contributed by atoms with Crippen molar-refractivity contribution in [2.24, 2.45) is 0 Å². The molecule has 0 aliphatic carbocycles. The van der Waals surface area contributed by atoms with Crippen molar-refractivity contribution in [1.82, 2.24) is 30.2 Å². The van der Waals surface area contributed by atoms with Crippen molar-refractivity contribution >= 4 is 0 Å². The van der Waals surface area contributed by atoms with Crippen LogP contribution in [0.25, 0.3) is 0 Å². The molecule has 2 aromatic heterocycles. The van der Waals surface area contributed by atoms with Crippen LogP contribution in [0.15, 0.2) is 0 Å². The van der Waals surface area contributed by atoms with Gasteiger partial charge in [-0.25, -0.2) is 0 Å². The van der Waals surface area contributed by atoms with Gasteiger partial charge in [-0.1, -0.05) is 20.8 Å². The summed E-state index contributed by atoms with van der Waals surface area (Å²) in [6, 6.07) is 0. The maximum atomic E-state index is 6.00. The van der Waals surface area contributed by atoms with Crippen molar-refractivity contribution in [1.29, 1.82) is 0 Å². The molecule has 0 aromatic carbocycles. The van der Waals surface area contributed by atoms with Gasteiger partial charge >= 0.3 is 0 Å². The average Bonchev–Trinajstić information content (AvgIpc) is 3.45. The monoisotopic (exact) mass is 430 g/mol. The van der Waals surface area contributed by atoms with Crippen LogP contribution in [-0.2, 0) is 35.5 Å². The minimum Gasteiger partial charge on any atom is -0.383 e. The van der Waals surface area contributed by atoms with Crippen LogP contribution in [0.1, 0.15) is 72.9 Å². The molecule has 0 saturated heterocycles. The molecule has 4 heterocycles. The third-order valence-corrected chi connectivity index (χ3v) is 6.67. The zero-order chi connectivity index (χ0) is 21.8. The van der Waals surface area contributed by atoms with Gasteiger partial charge in [0.1, 0.15) is 0 Å². The Morgan fingerprint density at radius 1 is 0.871 bits per heavy atom. The zero-order valence-electron chi connectivity index (χ0n) is 19.5. The first-order valence-electron chi connectivity index (χ1n) is 11.7. The number of hydrogen-bond acceptors (Lipinski definition) is 6. The highest BCUT2D eigenvalue weighted by atomic mass is 16.5. The molecule has 2 aliphatic rings. The van der Waals surface area contributed by atoms with Crippen LogP contribution in [0.5, 0.6) is 0 Å². The van der Waals surface area contributed by atoms with Gasteiger partial charge in [0.2, 0.25) is 0 Å². The fraction of sp³-hybridized carbons (Fsp3) is 0.739. The van der Waals surface area contributed by atoms with E-state index in [4.69, 9.17) is 9.47 Å². The molecule has 0 amide bonds. The van der Waals surface area contributed by atoms with Crippen molar-refractivity contribution in [3.8, 4) is 0 Å². The molecule has 0 spiro atoms. The summed E-state index contributed by atoms with van der Waals surface area (Å²) in [6.45, 7) is 14.9. The molecule has 0 fully saturated rings. The van der Waals surface area contributed by atoms with E-state index < -0.39 is 0 Å². The Balaban J connectivity index is 1.18. The fourth-order valence-electron chi connectivity index (χ4n) is 4.75. The Kier molecular flexibility index (Phi) is 7.43. The van der Waals surface area contributed by atoms with Crippen molar-refractivity contribution in [3.63, 3.8) is 0 Å². The van der Waals surface area contributed by atoms with Gasteiger partial charge < -0.3 is 9.47 Å². The number of ether oxygens (including phenoxy) is 2. The van der Waals surface area contributed by atoms with Gasteiger partial charge in [-0.05, 0) is 12.3 Å². The van der Waals surface area contributed by atoms with E-state index in [0.717, 1.165) is 71.9 Å².